The third kappa shape index (κ3) is 3.65. The Kier molecular flexibility index (Phi) is 4.90. The topological polar surface area (TPSA) is 12.0 Å². The van der Waals surface area contributed by atoms with Crippen LogP contribution in [0, 0.1) is 5.82 Å². The molecular formula is C15H18FNS. The van der Waals surface area contributed by atoms with Crippen LogP contribution in [0.1, 0.15) is 30.5 Å². The van der Waals surface area contributed by atoms with Crippen LogP contribution in [0.5, 0.6) is 0 Å². The average molecular weight is 263 g/mol. The summed E-state index contributed by atoms with van der Waals surface area (Å²) in [4.78, 5) is 0. The lowest BCUT2D eigenvalue weighted by molar-refractivity contribution is 0.521. The normalized spacial score (nSPS) is 12.6. The lowest BCUT2D eigenvalue weighted by Gasteiger charge is -2.17. The summed E-state index contributed by atoms with van der Waals surface area (Å²) in [5.74, 6) is -0.174. The number of benzene rings is 1. The van der Waals surface area contributed by atoms with Crippen molar-refractivity contribution in [1.29, 1.82) is 0 Å². The Hall–Kier alpha value is -1.19. The molecular weight excluding hydrogens is 245 g/mol. The molecule has 0 aliphatic rings. The van der Waals surface area contributed by atoms with E-state index in [0.29, 0.717) is 6.04 Å². The fraction of sp³-hybridized carbons (Fsp3) is 0.333. The van der Waals surface area contributed by atoms with Gasteiger partial charge in [-0.1, -0.05) is 19.1 Å². The highest BCUT2D eigenvalue weighted by Gasteiger charge is 2.08. The molecule has 1 unspecified atom stereocenters. The van der Waals surface area contributed by atoms with Gasteiger partial charge in [0.15, 0.2) is 0 Å². The van der Waals surface area contributed by atoms with Crippen molar-refractivity contribution in [2.24, 2.45) is 0 Å². The van der Waals surface area contributed by atoms with Crippen molar-refractivity contribution in [3.05, 3.63) is 58.0 Å². The van der Waals surface area contributed by atoms with Gasteiger partial charge in [0.05, 0.1) is 0 Å². The predicted octanol–water partition coefficient (Wildman–Crippen LogP) is 4.17. The molecule has 0 saturated heterocycles. The van der Waals surface area contributed by atoms with E-state index in [4.69, 9.17) is 0 Å². The maximum atomic E-state index is 12.9. The molecule has 1 aromatic heterocycles. The van der Waals surface area contributed by atoms with E-state index in [0.717, 1.165) is 24.9 Å². The molecule has 0 saturated carbocycles. The van der Waals surface area contributed by atoms with Crippen LogP contribution in [0.15, 0.2) is 41.1 Å². The van der Waals surface area contributed by atoms with E-state index in [9.17, 15) is 4.39 Å². The number of hydrogen-bond donors (Lipinski definition) is 1. The van der Waals surface area contributed by atoms with Gasteiger partial charge in [-0.05, 0) is 59.5 Å². The van der Waals surface area contributed by atoms with E-state index in [1.807, 2.05) is 12.1 Å². The highest BCUT2D eigenvalue weighted by Crippen LogP contribution is 2.17. The number of nitrogens with one attached hydrogen (secondary N) is 1. The lowest BCUT2D eigenvalue weighted by atomic mass is 10.0. The molecule has 0 spiro atoms. The molecule has 0 aliphatic carbocycles. The third-order valence-electron chi connectivity index (χ3n) is 3.07. The Morgan fingerprint density at radius 1 is 1.22 bits per heavy atom. The average Bonchev–Trinajstić information content (AvgIpc) is 2.89. The first-order chi connectivity index (χ1) is 8.79. The molecule has 2 rings (SSSR count). The van der Waals surface area contributed by atoms with E-state index < -0.39 is 0 Å². The molecule has 0 radical (unpaired) electrons. The third-order valence-corrected chi connectivity index (χ3v) is 3.80. The van der Waals surface area contributed by atoms with Crippen molar-refractivity contribution in [3.63, 3.8) is 0 Å². The van der Waals surface area contributed by atoms with Gasteiger partial charge in [-0.25, -0.2) is 4.39 Å². The van der Waals surface area contributed by atoms with Gasteiger partial charge in [-0.15, -0.1) is 0 Å². The molecule has 1 heterocycles. The maximum Gasteiger partial charge on any atom is 0.123 e. The van der Waals surface area contributed by atoms with Crippen molar-refractivity contribution in [2.45, 2.75) is 25.8 Å². The zero-order valence-electron chi connectivity index (χ0n) is 10.5. The van der Waals surface area contributed by atoms with Crippen LogP contribution in [0.4, 0.5) is 4.39 Å². The van der Waals surface area contributed by atoms with Crippen LogP contribution in [0.3, 0.4) is 0 Å². The fourth-order valence-electron chi connectivity index (χ4n) is 2.02. The monoisotopic (exact) mass is 263 g/mol. The smallest absolute Gasteiger partial charge is 0.123 e. The van der Waals surface area contributed by atoms with Crippen molar-refractivity contribution >= 4 is 11.3 Å². The van der Waals surface area contributed by atoms with Crippen LogP contribution >= 0.6 is 11.3 Å². The fourth-order valence-corrected chi connectivity index (χ4v) is 2.72. The molecule has 0 fully saturated rings. The largest absolute Gasteiger partial charge is 0.310 e. The molecule has 0 amide bonds. The van der Waals surface area contributed by atoms with Crippen LogP contribution < -0.4 is 5.32 Å². The summed E-state index contributed by atoms with van der Waals surface area (Å²) >= 11 is 1.73. The van der Waals surface area contributed by atoms with E-state index in [2.05, 4.69) is 29.1 Å². The van der Waals surface area contributed by atoms with Crippen LogP contribution in [0.2, 0.25) is 0 Å². The predicted molar refractivity (Wildman–Crippen MR) is 75.5 cm³/mol. The highest BCUT2D eigenvalue weighted by atomic mass is 32.1. The van der Waals surface area contributed by atoms with Gasteiger partial charge in [0.2, 0.25) is 0 Å². The minimum atomic E-state index is -0.174. The molecule has 1 atom stereocenters. The van der Waals surface area contributed by atoms with Crippen molar-refractivity contribution < 1.29 is 4.39 Å². The van der Waals surface area contributed by atoms with Gasteiger partial charge < -0.3 is 5.32 Å². The molecule has 1 nitrogen and oxygen atoms in total. The Morgan fingerprint density at radius 2 is 2.00 bits per heavy atom. The van der Waals surface area contributed by atoms with E-state index in [1.165, 1.54) is 17.7 Å². The molecule has 0 aliphatic heterocycles. The second-order valence-electron chi connectivity index (χ2n) is 4.35. The summed E-state index contributed by atoms with van der Waals surface area (Å²) in [5.41, 5.74) is 2.53. The summed E-state index contributed by atoms with van der Waals surface area (Å²) < 4.78 is 12.9. The highest BCUT2D eigenvalue weighted by molar-refractivity contribution is 7.07. The summed E-state index contributed by atoms with van der Waals surface area (Å²) in [7, 11) is 0. The van der Waals surface area contributed by atoms with E-state index >= 15 is 0 Å². The molecule has 3 heteroatoms. The number of hydrogen-bond acceptors (Lipinski definition) is 2. The summed E-state index contributed by atoms with van der Waals surface area (Å²) in [5, 5.41) is 7.81. The Morgan fingerprint density at radius 3 is 2.61 bits per heavy atom. The van der Waals surface area contributed by atoms with Gasteiger partial charge in [-0.3, -0.25) is 0 Å². The van der Waals surface area contributed by atoms with Crippen molar-refractivity contribution in [3.8, 4) is 0 Å². The molecule has 96 valence electrons. The second-order valence-corrected chi connectivity index (χ2v) is 5.13. The van der Waals surface area contributed by atoms with Gasteiger partial charge in [-0.2, -0.15) is 11.3 Å². The molecule has 18 heavy (non-hydrogen) atoms. The Labute approximate surface area is 112 Å². The van der Waals surface area contributed by atoms with Gasteiger partial charge >= 0.3 is 0 Å². The zero-order valence-corrected chi connectivity index (χ0v) is 11.3. The SMILES string of the molecule is CCC(NCCc1ccsc1)c1ccc(F)cc1. The number of halogens is 1. The Bertz CT molecular complexity index is 450. The van der Waals surface area contributed by atoms with Gasteiger partial charge in [0, 0.05) is 6.04 Å². The lowest BCUT2D eigenvalue weighted by Crippen LogP contribution is -2.23. The quantitative estimate of drug-likeness (QED) is 0.824. The number of thiophene rings is 1. The first kappa shape index (κ1) is 13.2. The maximum absolute atomic E-state index is 12.9. The van der Waals surface area contributed by atoms with Crippen molar-refractivity contribution in [1.82, 2.24) is 5.32 Å². The summed E-state index contributed by atoms with van der Waals surface area (Å²) in [6.45, 7) is 3.10. The number of rotatable bonds is 6. The van der Waals surface area contributed by atoms with E-state index in [-0.39, 0.29) is 5.82 Å². The zero-order chi connectivity index (χ0) is 12.8. The first-order valence-electron chi connectivity index (χ1n) is 6.29. The second kappa shape index (κ2) is 6.66. The minimum Gasteiger partial charge on any atom is -0.310 e. The van der Waals surface area contributed by atoms with E-state index in [1.54, 1.807) is 11.3 Å². The van der Waals surface area contributed by atoms with Crippen LogP contribution in [0.25, 0.3) is 0 Å². The van der Waals surface area contributed by atoms with Crippen LogP contribution in [-0.4, -0.2) is 6.54 Å². The minimum absolute atomic E-state index is 0.174. The van der Waals surface area contributed by atoms with Crippen molar-refractivity contribution in [2.75, 3.05) is 6.54 Å². The molecule has 1 aromatic carbocycles. The van der Waals surface area contributed by atoms with Crippen LogP contribution in [-0.2, 0) is 6.42 Å². The van der Waals surface area contributed by atoms with Gasteiger partial charge in [0.1, 0.15) is 5.82 Å². The standard InChI is InChI=1S/C15H18FNS/c1-2-15(13-3-5-14(16)6-4-13)17-9-7-12-8-10-18-11-12/h3-6,8,10-11,15,17H,2,7,9H2,1H3. The summed E-state index contributed by atoms with van der Waals surface area (Å²) in [6.07, 6.45) is 2.05. The van der Waals surface area contributed by atoms with Gasteiger partial charge in [0.25, 0.3) is 0 Å². The Balaban J connectivity index is 1.87. The molecule has 0 bridgehead atoms. The molecule has 1 N–H and O–H groups in total. The molecule has 2 aromatic rings. The first-order valence-corrected chi connectivity index (χ1v) is 7.24. The summed E-state index contributed by atoms with van der Waals surface area (Å²) in [6, 6.07) is 9.24.